The highest BCUT2D eigenvalue weighted by molar-refractivity contribution is 5.23. The Kier molecular flexibility index (Phi) is 4.43. The third-order valence-electron chi connectivity index (χ3n) is 2.82. The van der Waals surface area contributed by atoms with Crippen molar-refractivity contribution in [3.05, 3.63) is 39.8 Å². The molecular formula is C11H10F4N4O3. The highest BCUT2D eigenvalue weighted by Crippen LogP contribution is 2.23. The zero-order valence-corrected chi connectivity index (χ0v) is 11.0. The lowest BCUT2D eigenvalue weighted by Crippen LogP contribution is -2.12. The van der Waals surface area contributed by atoms with Crippen molar-refractivity contribution in [2.45, 2.75) is 32.0 Å². The monoisotopic (exact) mass is 322 g/mol. The topological polar surface area (TPSA) is 87.0 Å². The van der Waals surface area contributed by atoms with Gasteiger partial charge in [-0.2, -0.15) is 17.6 Å². The summed E-state index contributed by atoms with van der Waals surface area (Å²) in [6, 6.07) is 0. The second-order valence-corrected chi connectivity index (χ2v) is 4.51. The number of nitrogens with zero attached hydrogens (tertiary/aromatic N) is 4. The minimum absolute atomic E-state index is 0.0647. The lowest BCUT2D eigenvalue weighted by atomic mass is 10.1. The number of alkyl halides is 3. The third-order valence-corrected chi connectivity index (χ3v) is 2.82. The first-order valence-electron chi connectivity index (χ1n) is 6.12. The van der Waals surface area contributed by atoms with Crippen LogP contribution >= 0.6 is 0 Å². The van der Waals surface area contributed by atoms with Crippen LogP contribution in [-0.4, -0.2) is 26.0 Å². The summed E-state index contributed by atoms with van der Waals surface area (Å²) in [7, 11) is 0. The molecule has 0 fully saturated rings. The van der Waals surface area contributed by atoms with Gasteiger partial charge in [0, 0.05) is 12.1 Å². The van der Waals surface area contributed by atoms with E-state index in [0.29, 0.717) is 0 Å². The third kappa shape index (κ3) is 4.02. The molecule has 120 valence electrons. The fraction of sp³-hybridized carbons (Fsp3) is 0.455. The van der Waals surface area contributed by atoms with E-state index in [4.69, 9.17) is 0 Å². The quantitative estimate of drug-likeness (QED) is 0.463. The molecule has 7 nitrogen and oxygen atoms in total. The summed E-state index contributed by atoms with van der Waals surface area (Å²) in [4.78, 5) is 9.55. The molecule has 0 atom stereocenters. The number of rotatable bonds is 6. The second kappa shape index (κ2) is 6.12. The van der Waals surface area contributed by atoms with Gasteiger partial charge in [0.05, 0.1) is 17.0 Å². The molecule has 2 rings (SSSR count). The lowest BCUT2D eigenvalue weighted by Gasteiger charge is -2.05. The maximum atomic E-state index is 13.1. The number of hydrogen-bond acceptors (Lipinski definition) is 5. The minimum atomic E-state index is -4.37. The highest BCUT2D eigenvalue weighted by Gasteiger charge is 2.30. The standard InChI is InChI=1S/C11H10F4N4O3/c12-10-9(19(20)21)5-18(16-10)3-1-2-8-7(6-22-17-8)4-11(13,14)15/h5-6H,1-4H2. The second-order valence-electron chi connectivity index (χ2n) is 4.51. The average molecular weight is 322 g/mol. The maximum absolute atomic E-state index is 13.1. The van der Waals surface area contributed by atoms with Gasteiger partial charge in [-0.1, -0.05) is 5.16 Å². The Bertz CT molecular complexity index is 665. The van der Waals surface area contributed by atoms with Gasteiger partial charge in [-0.05, 0) is 12.8 Å². The summed E-state index contributed by atoms with van der Waals surface area (Å²) < 4.78 is 55.6. The van der Waals surface area contributed by atoms with Crippen molar-refractivity contribution in [1.82, 2.24) is 14.9 Å². The molecule has 0 saturated carbocycles. The van der Waals surface area contributed by atoms with Gasteiger partial charge in [0.15, 0.2) is 0 Å². The average Bonchev–Trinajstić information content (AvgIpc) is 2.95. The molecule has 2 aromatic heterocycles. The molecule has 0 spiro atoms. The van der Waals surface area contributed by atoms with Crippen molar-refractivity contribution < 1.29 is 27.0 Å². The van der Waals surface area contributed by atoms with Crippen LogP contribution < -0.4 is 0 Å². The van der Waals surface area contributed by atoms with E-state index >= 15 is 0 Å². The summed E-state index contributed by atoms with van der Waals surface area (Å²) in [5.74, 6) is -1.20. The molecule has 22 heavy (non-hydrogen) atoms. The Labute approximate surface area is 120 Å². The summed E-state index contributed by atoms with van der Waals surface area (Å²) >= 11 is 0. The Morgan fingerprint density at radius 2 is 2.14 bits per heavy atom. The predicted molar refractivity (Wildman–Crippen MR) is 63.4 cm³/mol. The zero-order valence-electron chi connectivity index (χ0n) is 11.0. The number of hydrogen-bond donors (Lipinski definition) is 0. The van der Waals surface area contributed by atoms with Crippen molar-refractivity contribution in [3.63, 3.8) is 0 Å². The van der Waals surface area contributed by atoms with E-state index in [2.05, 4.69) is 14.8 Å². The van der Waals surface area contributed by atoms with Gasteiger partial charge >= 0.3 is 17.8 Å². The van der Waals surface area contributed by atoms with Crippen LogP contribution in [0.25, 0.3) is 0 Å². The molecule has 11 heteroatoms. The first-order chi connectivity index (χ1) is 10.3. The number of aromatic nitrogens is 3. The van der Waals surface area contributed by atoms with E-state index in [0.717, 1.165) is 17.1 Å². The minimum Gasteiger partial charge on any atom is -0.364 e. The molecular weight excluding hydrogens is 312 g/mol. The molecule has 0 bridgehead atoms. The van der Waals surface area contributed by atoms with E-state index in [9.17, 15) is 27.7 Å². The number of aryl methyl sites for hydroxylation is 2. The van der Waals surface area contributed by atoms with Crippen LogP contribution in [0.5, 0.6) is 0 Å². The number of nitro groups is 1. The van der Waals surface area contributed by atoms with E-state index in [-0.39, 0.29) is 30.6 Å². The van der Waals surface area contributed by atoms with Gasteiger partial charge in [-0.15, -0.1) is 5.10 Å². The largest absolute Gasteiger partial charge is 0.393 e. The maximum Gasteiger partial charge on any atom is 0.393 e. The molecule has 0 unspecified atom stereocenters. The Hall–Kier alpha value is -2.46. The van der Waals surface area contributed by atoms with Crippen molar-refractivity contribution in [2.24, 2.45) is 0 Å². The van der Waals surface area contributed by atoms with Crippen LogP contribution in [0.3, 0.4) is 0 Å². The zero-order chi connectivity index (χ0) is 16.3. The summed E-state index contributed by atoms with van der Waals surface area (Å²) in [5, 5.41) is 17.3. The molecule has 2 heterocycles. The Balaban J connectivity index is 1.93. The van der Waals surface area contributed by atoms with Crippen LogP contribution in [-0.2, 0) is 19.4 Å². The first-order valence-corrected chi connectivity index (χ1v) is 6.12. The van der Waals surface area contributed by atoms with E-state index in [1.54, 1.807) is 0 Å². The first kappa shape index (κ1) is 15.9. The van der Waals surface area contributed by atoms with Gasteiger partial charge in [0.1, 0.15) is 12.5 Å². The molecule has 0 aromatic carbocycles. The van der Waals surface area contributed by atoms with Crippen LogP contribution in [0.1, 0.15) is 17.7 Å². The van der Waals surface area contributed by atoms with Crippen LogP contribution in [0.2, 0.25) is 0 Å². The van der Waals surface area contributed by atoms with Crippen molar-refractivity contribution in [2.75, 3.05) is 0 Å². The van der Waals surface area contributed by atoms with Gasteiger partial charge in [0.2, 0.25) is 0 Å². The molecule has 0 radical (unpaired) electrons. The fourth-order valence-corrected chi connectivity index (χ4v) is 1.88. The normalized spacial score (nSPS) is 11.8. The number of halogens is 4. The van der Waals surface area contributed by atoms with Crippen molar-refractivity contribution in [1.29, 1.82) is 0 Å². The van der Waals surface area contributed by atoms with Gasteiger partial charge in [0.25, 0.3) is 0 Å². The van der Waals surface area contributed by atoms with E-state index in [1.807, 2.05) is 0 Å². The Morgan fingerprint density at radius 1 is 1.41 bits per heavy atom. The summed E-state index contributed by atoms with van der Waals surface area (Å²) in [5.41, 5.74) is -0.663. The lowest BCUT2D eigenvalue weighted by molar-refractivity contribution is -0.387. The Morgan fingerprint density at radius 3 is 2.73 bits per heavy atom. The van der Waals surface area contributed by atoms with Gasteiger partial charge in [-0.25, -0.2) is 0 Å². The van der Waals surface area contributed by atoms with Crippen LogP contribution in [0.4, 0.5) is 23.2 Å². The van der Waals surface area contributed by atoms with Crippen LogP contribution in [0, 0.1) is 16.1 Å². The van der Waals surface area contributed by atoms with Gasteiger partial charge < -0.3 is 4.52 Å². The van der Waals surface area contributed by atoms with E-state index in [1.165, 1.54) is 0 Å². The summed E-state index contributed by atoms with van der Waals surface area (Å²) in [6.45, 7) is 0.100. The van der Waals surface area contributed by atoms with E-state index < -0.39 is 29.2 Å². The fourth-order valence-electron chi connectivity index (χ4n) is 1.88. The molecule has 0 aliphatic rings. The SMILES string of the molecule is O=[N+]([O-])c1cn(CCCc2nocc2CC(F)(F)F)nc1F. The molecule has 0 amide bonds. The molecule has 2 aromatic rings. The highest BCUT2D eigenvalue weighted by atomic mass is 19.4. The molecule has 0 aliphatic carbocycles. The molecule has 0 N–H and O–H groups in total. The van der Waals surface area contributed by atoms with Gasteiger partial charge in [-0.3, -0.25) is 14.8 Å². The van der Waals surface area contributed by atoms with Crippen molar-refractivity contribution >= 4 is 5.69 Å². The van der Waals surface area contributed by atoms with Crippen LogP contribution in [0.15, 0.2) is 17.0 Å². The smallest absolute Gasteiger partial charge is 0.364 e. The van der Waals surface area contributed by atoms with Crippen molar-refractivity contribution in [3.8, 4) is 0 Å². The predicted octanol–water partition coefficient (Wildman–Crippen LogP) is 2.66. The molecule has 0 saturated heterocycles. The summed E-state index contributed by atoms with van der Waals surface area (Å²) in [6.07, 6.45) is -3.23. The molecule has 0 aliphatic heterocycles.